The molecule has 0 bridgehead atoms. The molecular weight excluding hydrogens is 364 g/mol. The van der Waals surface area contributed by atoms with Gasteiger partial charge in [0.05, 0.1) is 30.3 Å². The first-order valence-corrected chi connectivity index (χ1v) is 9.42. The quantitative estimate of drug-likeness (QED) is 0.572. The first-order chi connectivity index (χ1) is 13.8. The molecule has 0 spiro atoms. The highest BCUT2D eigenvalue weighted by molar-refractivity contribution is 6.02. The van der Waals surface area contributed by atoms with E-state index in [0.29, 0.717) is 12.2 Å². The van der Waals surface area contributed by atoms with Crippen LogP contribution in [0.4, 0.5) is 0 Å². The standard InChI is InChI=1S/C23H26N4O2/c1-15-10-21(18(4)27(15)16(2)14-29-5)11-22(13-25)23(28)26-17(3)20-8-6-19(12-24)7-9-20/h6-11,16-17H,14H2,1-5H3,(H,26,28)/b22-11+. The summed E-state index contributed by atoms with van der Waals surface area (Å²) >= 11 is 0. The number of aryl methyl sites for hydroxylation is 1. The van der Waals surface area contributed by atoms with Crippen LogP contribution in [0.5, 0.6) is 0 Å². The molecular formula is C23H26N4O2. The summed E-state index contributed by atoms with van der Waals surface area (Å²) in [6.07, 6.45) is 1.62. The lowest BCUT2D eigenvalue weighted by molar-refractivity contribution is -0.117. The van der Waals surface area contributed by atoms with Crippen molar-refractivity contribution in [1.82, 2.24) is 9.88 Å². The molecule has 150 valence electrons. The molecule has 0 saturated carbocycles. The van der Waals surface area contributed by atoms with Crippen molar-refractivity contribution in [2.24, 2.45) is 0 Å². The Morgan fingerprint density at radius 2 is 1.90 bits per heavy atom. The Labute approximate surface area is 172 Å². The molecule has 1 heterocycles. The number of carbonyl (C=O) groups is 1. The molecule has 6 nitrogen and oxygen atoms in total. The van der Waals surface area contributed by atoms with Gasteiger partial charge in [-0.25, -0.2) is 0 Å². The number of carbonyl (C=O) groups excluding carboxylic acids is 1. The molecule has 1 aromatic carbocycles. The molecule has 0 fully saturated rings. The van der Waals surface area contributed by atoms with Crippen molar-refractivity contribution in [1.29, 1.82) is 10.5 Å². The van der Waals surface area contributed by atoms with Gasteiger partial charge in [0.25, 0.3) is 5.91 Å². The number of nitrogens with one attached hydrogen (secondary N) is 1. The van der Waals surface area contributed by atoms with Gasteiger partial charge in [0.1, 0.15) is 11.6 Å². The van der Waals surface area contributed by atoms with Gasteiger partial charge >= 0.3 is 0 Å². The van der Waals surface area contributed by atoms with Gasteiger partial charge in [-0.15, -0.1) is 0 Å². The summed E-state index contributed by atoms with van der Waals surface area (Å²) in [6.45, 7) is 8.45. The fraction of sp³-hybridized carbons (Fsp3) is 0.348. The molecule has 2 unspecified atom stereocenters. The molecule has 6 heteroatoms. The van der Waals surface area contributed by atoms with E-state index in [9.17, 15) is 10.1 Å². The number of hydrogen-bond acceptors (Lipinski definition) is 4. The molecule has 0 aliphatic rings. The minimum absolute atomic E-state index is 0.0464. The first kappa shape index (κ1) is 21.9. The maximum absolute atomic E-state index is 12.6. The van der Waals surface area contributed by atoms with E-state index >= 15 is 0 Å². The molecule has 0 radical (unpaired) electrons. The second-order valence-corrected chi connectivity index (χ2v) is 7.10. The van der Waals surface area contributed by atoms with Crippen molar-refractivity contribution in [3.63, 3.8) is 0 Å². The predicted molar refractivity (Wildman–Crippen MR) is 112 cm³/mol. The topological polar surface area (TPSA) is 90.8 Å². The van der Waals surface area contributed by atoms with Crippen LogP contribution in [0, 0.1) is 36.5 Å². The van der Waals surface area contributed by atoms with Crippen molar-refractivity contribution >= 4 is 12.0 Å². The van der Waals surface area contributed by atoms with Crippen LogP contribution in [0.3, 0.4) is 0 Å². The minimum Gasteiger partial charge on any atom is -0.383 e. The maximum atomic E-state index is 12.6. The lowest BCUT2D eigenvalue weighted by Gasteiger charge is -2.17. The van der Waals surface area contributed by atoms with Crippen molar-refractivity contribution < 1.29 is 9.53 Å². The Kier molecular flexibility index (Phi) is 7.36. The maximum Gasteiger partial charge on any atom is 0.262 e. The third-order valence-electron chi connectivity index (χ3n) is 4.92. The first-order valence-electron chi connectivity index (χ1n) is 9.42. The van der Waals surface area contributed by atoms with Gasteiger partial charge in [0, 0.05) is 18.5 Å². The zero-order valence-electron chi connectivity index (χ0n) is 17.5. The number of nitrogens with zero attached hydrogens (tertiary/aromatic N) is 3. The van der Waals surface area contributed by atoms with Crippen LogP contribution in [-0.2, 0) is 9.53 Å². The van der Waals surface area contributed by atoms with E-state index in [1.807, 2.05) is 32.9 Å². The number of amides is 1. The fourth-order valence-electron chi connectivity index (χ4n) is 3.45. The van der Waals surface area contributed by atoms with Crippen LogP contribution < -0.4 is 5.32 Å². The number of benzene rings is 1. The van der Waals surface area contributed by atoms with Crippen molar-refractivity contribution in [3.8, 4) is 12.1 Å². The van der Waals surface area contributed by atoms with Gasteiger partial charge in [-0.1, -0.05) is 12.1 Å². The molecule has 1 N–H and O–H groups in total. The van der Waals surface area contributed by atoms with Crippen molar-refractivity contribution in [2.75, 3.05) is 13.7 Å². The average Bonchev–Trinajstić information content (AvgIpc) is 2.99. The van der Waals surface area contributed by atoms with Crippen LogP contribution in [0.15, 0.2) is 35.9 Å². The van der Waals surface area contributed by atoms with Gasteiger partial charge in [-0.2, -0.15) is 10.5 Å². The lowest BCUT2D eigenvalue weighted by atomic mass is 10.1. The molecule has 2 aromatic rings. The van der Waals surface area contributed by atoms with Crippen LogP contribution >= 0.6 is 0 Å². The lowest BCUT2D eigenvalue weighted by Crippen LogP contribution is -2.27. The fourth-order valence-corrected chi connectivity index (χ4v) is 3.45. The summed E-state index contributed by atoms with van der Waals surface area (Å²) in [5.74, 6) is -0.431. The molecule has 0 aliphatic carbocycles. The van der Waals surface area contributed by atoms with E-state index < -0.39 is 5.91 Å². The Morgan fingerprint density at radius 1 is 1.24 bits per heavy atom. The third-order valence-corrected chi connectivity index (χ3v) is 4.92. The average molecular weight is 390 g/mol. The van der Waals surface area contributed by atoms with E-state index in [2.05, 4.69) is 22.9 Å². The summed E-state index contributed by atoms with van der Waals surface area (Å²) in [5.41, 5.74) is 4.33. The normalized spacial score (nSPS) is 13.3. The van der Waals surface area contributed by atoms with Gasteiger partial charge in [0.15, 0.2) is 0 Å². The zero-order valence-corrected chi connectivity index (χ0v) is 17.5. The van der Waals surface area contributed by atoms with Gasteiger partial charge in [-0.3, -0.25) is 4.79 Å². The predicted octanol–water partition coefficient (Wildman–Crippen LogP) is 3.97. The Bertz CT molecular complexity index is 988. The summed E-state index contributed by atoms with van der Waals surface area (Å²) in [7, 11) is 1.67. The van der Waals surface area contributed by atoms with E-state index in [1.54, 1.807) is 37.5 Å². The largest absolute Gasteiger partial charge is 0.383 e. The molecule has 0 aliphatic heterocycles. The highest BCUT2D eigenvalue weighted by atomic mass is 16.5. The second kappa shape index (κ2) is 9.73. The monoisotopic (exact) mass is 390 g/mol. The molecule has 2 rings (SSSR count). The number of aromatic nitrogens is 1. The summed E-state index contributed by atoms with van der Waals surface area (Å²) in [6, 6.07) is 12.9. The second-order valence-electron chi connectivity index (χ2n) is 7.10. The number of rotatable bonds is 7. The van der Waals surface area contributed by atoms with Gasteiger partial charge in [0.2, 0.25) is 0 Å². The smallest absolute Gasteiger partial charge is 0.262 e. The zero-order chi connectivity index (χ0) is 21.6. The van der Waals surface area contributed by atoms with E-state index in [-0.39, 0.29) is 17.7 Å². The third kappa shape index (κ3) is 5.13. The number of nitriles is 2. The summed E-state index contributed by atoms with van der Waals surface area (Å²) in [5, 5.41) is 21.3. The van der Waals surface area contributed by atoms with Crippen molar-refractivity contribution in [3.05, 3.63) is 64.0 Å². The summed E-state index contributed by atoms with van der Waals surface area (Å²) < 4.78 is 7.39. The number of methoxy groups -OCH3 is 1. The Balaban J connectivity index is 2.23. The van der Waals surface area contributed by atoms with E-state index in [0.717, 1.165) is 22.5 Å². The van der Waals surface area contributed by atoms with Crippen LogP contribution in [-0.4, -0.2) is 24.2 Å². The highest BCUT2D eigenvalue weighted by Crippen LogP contribution is 2.23. The number of hydrogen-bond donors (Lipinski definition) is 1. The molecule has 2 atom stereocenters. The van der Waals surface area contributed by atoms with Gasteiger partial charge in [-0.05, 0) is 63.1 Å². The number of ether oxygens (including phenoxy) is 1. The van der Waals surface area contributed by atoms with Gasteiger partial charge < -0.3 is 14.6 Å². The highest BCUT2D eigenvalue weighted by Gasteiger charge is 2.17. The van der Waals surface area contributed by atoms with E-state index in [1.165, 1.54) is 0 Å². The van der Waals surface area contributed by atoms with Crippen LogP contribution in [0.25, 0.3) is 6.08 Å². The molecule has 1 aromatic heterocycles. The van der Waals surface area contributed by atoms with E-state index in [4.69, 9.17) is 10.00 Å². The van der Waals surface area contributed by atoms with Crippen molar-refractivity contribution in [2.45, 2.75) is 39.8 Å². The SMILES string of the molecule is COCC(C)n1c(C)cc(/C=C(\C#N)C(=O)NC(C)c2ccc(C#N)cc2)c1C. The Hall–Kier alpha value is -3.35. The molecule has 0 saturated heterocycles. The summed E-state index contributed by atoms with van der Waals surface area (Å²) in [4.78, 5) is 12.6. The minimum atomic E-state index is -0.431. The van der Waals surface area contributed by atoms with Crippen LogP contribution in [0.2, 0.25) is 0 Å². The molecule has 1 amide bonds. The molecule has 29 heavy (non-hydrogen) atoms. The Morgan fingerprint density at radius 3 is 2.45 bits per heavy atom. The van der Waals surface area contributed by atoms with Crippen LogP contribution in [0.1, 0.15) is 54.0 Å².